The number of aryl methyl sites for hydroxylation is 1. The van der Waals surface area contributed by atoms with Crippen LogP contribution in [-0.4, -0.2) is 17.3 Å². The molecule has 124 valence electrons. The number of halogens is 1. The molecule has 0 saturated heterocycles. The predicted molar refractivity (Wildman–Crippen MR) is 97.7 cm³/mol. The van der Waals surface area contributed by atoms with E-state index in [0.29, 0.717) is 13.2 Å². The van der Waals surface area contributed by atoms with Crippen LogP contribution in [0.4, 0.5) is 0 Å². The van der Waals surface area contributed by atoms with Crippen molar-refractivity contribution in [3.05, 3.63) is 63.6 Å². The smallest absolute Gasteiger partial charge is 0.124 e. The molecule has 2 aromatic carbocycles. The number of aliphatic hydroxyl groups excluding tert-OH is 1. The summed E-state index contributed by atoms with van der Waals surface area (Å²) in [6.45, 7) is 7.28. The topological polar surface area (TPSA) is 41.5 Å². The Morgan fingerprint density at radius 1 is 1.17 bits per heavy atom. The monoisotopic (exact) mass is 377 g/mol. The van der Waals surface area contributed by atoms with Crippen molar-refractivity contribution in [3.8, 4) is 5.75 Å². The highest BCUT2D eigenvalue weighted by atomic mass is 79.9. The molecule has 0 aliphatic rings. The molecule has 0 bridgehead atoms. The van der Waals surface area contributed by atoms with E-state index in [4.69, 9.17) is 4.74 Å². The lowest BCUT2D eigenvalue weighted by molar-refractivity contribution is 0.186. The first kappa shape index (κ1) is 18.0. The maximum absolute atomic E-state index is 9.37. The van der Waals surface area contributed by atoms with Gasteiger partial charge >= 0.3 is 0 Å². The lowest BCUT2D eigenvalue weighted by atomic mass is 10.1. The summed E-state index contributed by atoms with van der Waals surface area (Å²) in [5.41, 5.74) is 3.13. The van der Waals surface area contributed by atoms with E-state index >= 15 is 0 Å². The molecule has 0 radical (unpaired) electrons. The summed E-state index contributed by atoms with van der Waals surface area (Å²) in [5.74, 6) is 0.857. The molecule has 4 heteroatoms. The summed E-state index contributed by atoms with van der Waals surface area (Å²) >= 11 is 3.51. The van der Waals surface area contributed by atoms with Crippen LogP contribution in [0.15, 0.2) is 46.9 Å². The van der Waals surface area contributed by atoms with E-state index in [9.17, 15) is 5.11 Å². The van der Waals surface area contributed by atoms with Crippen molar-refractivity contribution in [2.75, 3.05) is 6.61 Å². The van der Waals surface area contributed by atoms with Crippen molar-refractivity contribution in [2.24, 2.45) is 0 Å². The molecule has 2 aromatic rings. The van der Waals surface area contributed by atoms with Crippen molar-refractivity contribution < 1.29 is 9.84 Å². The Hall–Kier alpha value is -1.36. The minimum Gasteiger partial charge on any atom is -0.489 e. The van der Waals surface area contributed by atoms with Gasteiger partial charge in [-0.1, -0.05) is 45.8 Å². The van der Waals surface area contributed by atoms with Crippen molar-refractivity contribution in [3.63, 3.8) is 0 Å². The average molecular weight is 378 g/mol. The third-order valence-corrected chi connectivity index (χ3v) is 4.15. The van der Waals surface area contributed by atoms with E-state index in [2.05, 4.69) is 46.4 Å². The SMILES string of the molecule is Cc1cccc(COc2ccc(Br)cc2CNC(C)(C)CO)c1. The average Bonchev–Trinajstić information content (AvgIpc) is 2.52. The Morgan fingerprint density at radius 2 is 1.96 bits per heavy atom. The van der Waals surface area contributed by atoms with Gasteiger partial charge in [-0.2, -0.15) is 0 Å². The van der Waals surface area contributed by atoms with E-state index in [0.717, 1.165) is 21.3 Å². The van der Waals surface area contributed by atoms with E-state index in [1.807, 2.05) is 38.1 Å². The molecule has 0 fully saturated rings. The number of hydrogen-bond donors (Lipinski definition) is 2. The van der Waals surface area contributed by atoms with Crippen LogP contribution in [0.25, 0.3) is 0 Å². The largest absolute Gasteiger partial charge is 0.489 e. The highest BCUT2D eigenvalue weighted by Gasteiger charge is 2.16. The first-order valence-electron chi connectivity index (χ1n) is 7.72. The molecule has 2 rings (SSSR count). The maximum atomic E-state index is 9.37. The minimum atomic E-state index is -0.323. The van der Waals surface area contributed by atoms with Crippen LogP contribution < -0.4 is 10.1 Å². The van der Waals surface area contributed by atoms with Crippen LogP contribution in [0, 0.1) is 6.92 Å². The fraction of sp³-hybridized carbons (Fsp3) is 0.368. The molecule has 0 atom stereocenters. The molecule has 0 aliphatic heterocycles. The van der Waals surface area contributed by atoms with Gasteiger partial charge in [0.15, 0.2) is 0 Å². The van der Waals surface area contributed by atoms with Gasteiger partial charge in [0.05, 0.1) is 6.61 Å². The third kappa shape index (κ3) is 5.65. The first-order chi connectivity index (χ1) is 10.9. The molecule has 0 saturated carbocycles. The summed E-state index contributed by atoms with van der Waals surface area (Å²) in [7, 11) is 0. The molecule has 3 nitrogen and oxygen atoms in total. The van der Waals surface area contributed by atoms with Crippen molar-refractivity contribution in [1.82, 2.24) is 5.32 Å². The number of nitrogens with one attached hydrogen (secondary N) is 1. The van der Waals surface area contributed by atoms with Crippen LogP contribution >= 0.6 is 15.9 Å². The molecule has 0 amide bonds. The lowest BCUT2D eigenvalue weighted by Gasteiger charge is -2.24. The molecule has 0 unspecified atom stereocenters. The van der Waals surface area contributed by atoms with Gasteiger partial charge in [-0.05, 0) is 44.5 Å². The lowest BCUT2D eigenvalue weighted by Crippen LogP contribution is -2.42. The highest BCUT2D eigenvalue weighted by molar-refractivity contribution is 9.10. The number of hydrogen-bond acceptors (Lipinski definition) is 3. The van der Waals surface area contributed by atoms with Gasteiger partial charge in [0.25, 0.3) is 0 Å². The molecule has 0 spiro atoms. The fourth-order valence-corrected chi connectivity index (χ4v) is 2.59. The van der Waals surface area contributed by atoms with Crippen LogP contribution in [0.3, 0.4) is 0 Å². The first-order valence-corrected chi connectivity index (χ1v) is 8.51. The van der Waals surface area contributed by atoms with E-state index < -0.39 is 0 Å². The Balaban J connectivity index is 2.09. The Labute approximate surface area is 146 Å². The molecule has 2 N–H and O–H groups in total. The molecular formula is C19H24BrNO2. The summed E-state index contributed by atoms with van der Waals surface area (Å²) in [5, 5.41) is 12.7. The molecule has 0 aromatic heterocycles. The third-order valence-electron chi connectivity index (χ3n) is 3.65. The van der Waals surface area contributed by atoms with Gasteiger partial charge in [0.1, 0.15) is 12.4 Å². The maximum Gasteiger partial charge on any atom is 0.124 e. The number of rotatable bonds is 7. The summed E-state index contributed by atoms with van der Waals surface area (Å²) in [6, 6.07) is 14.3. The minimum absolute atomic E-state index is 0.0838. The Kier molecular flexibility index (Phi) is 6.22. The summed E-state index contributed by atoms with van der Waals surface area (Å²) < 4.78 is 7.02. The predicted octanol–water partition coefficient (Wildman–Crippen LogP) is 4.20. The van der Waals surface area contributed by atoms with Crippen molar-refractivity contribution in [2.45, 2.75) is 39.5 Å². The molecule has 23 heavy (non-hydrogen) atoms. The van der Waals surface area contributed by atoms with Crippen LogP contribution in [0.5, 0.6) is 5.75 Å². The van der Waals surface area contributed by atoms with Crippen molar-refractivity contribution >= 4 is 15.9 Å². The van der Waals surface area contributed by atoms with E-state index in [1.165, 1.54) is 5.56 Å². The zero-order valence-electron chi connectivity index (χ0n) is 13.9. The van der Waals surface area contributed by atoms with Gasteiger partial charge < -0.3 is 15.2 Å². The van der Waals surface area contributed by atoms with Gasteiger partial charge in [-0.25, -0.2) is 0 Å². The van der Waals surface area contributed by atoms with Crippen molar-refractivity contribution in [1.29, 1.82) is 0 Å². The van der Waals surface area contributed by atoms with Crippen LogP contribution in [0.1, 0.15) is 30.5 Å². The van der Waals surface area contributed by atoms with Gasteiger partial charge in [-0.15, -0.1) is 0 Å². The van der Waals surface area contributed by atoms with Crippen LogP contribution in [0.2, 0.25) is 0 Å². The summed E-state index contributed by atoms with van der Waals surface area (Å²) in [6.07, 6.45) is 0. The number of ether oxygens (including phenoxy) is 1. The van der Waals surface area contributed by atoms with Gasteiger partial charge in [0.2, 0.25) is 0 Å². The second-order valence-electron chi connectivity index (χ2n) is 6.43. The highest BCUT2D eigenvalue weighted by Crippen LogP contribution is 2.25. The second-order valence-corrected chi connectivity index (χ2v) is 7.34. The normalized spacial score (nSPS) is 11.5. The molecule has 0 aliphatic carbocycles. The van der Waals surface area contributed by atoms with E-state index in [1.54, 1.807) is 0 Å². The van der Waals surface area contributed by atoms with E-state index in [-0.39, 0.29) is 12.1 Å². The summed E-state index contributed by atoms with van der Waals surface area (Å²) in [4.78, 5) is 0. The van der Waals surface area contributed by atoms with Crippen LogP contribution in [-0.2, 0) is 13.2 Å². The van der Waals surface area contributed by atoms with Gasteiger partial charge in [-0.3, -0.25) is 0 Å². The number of benzene rings is 2. The molecule has 0 heterocycles. The Morgan fingerprint density at radius 3 is 2.65 bits per heavy atom. The second kappa shape index (κ2) is 7.95. The van der Waals surface area contributed by atoms with Gasteiger partial charge in [0, 0.05) is 22.1 Å². The molecular weight excluding hydrogens is 354 g/mol. The zero-order valence-corrected chi connectivity index (χ0v) is 15.5. The quantitative estimate of drug-likeness (QED) is 0.759. The number of aliphatic hydroxyl groups is 1. The fourth-order valence-electron chi connectivity index (χ4n) is 2.18. The Bertz CT molecular complexity index is 656. The standard InChI is InChI=1S/C19H24BrNO2/c1-14-5-4-6-15(9-14)12-23-18-8-7-17(20)10-16(18)11-21-19(2,3)13-22/h4-10,21-22H,11-13H2,1-3H3. The zero-order chi connectivity index (χ0) is 16.9.